The Hall–Kier alpha value is -3.17. The molecule has 0 aliphatic carbocycles. The molecule has 32 heavy (non-hydrogen) atoms. The fraction of sp³-hybridized carbons (Fsp3) is 0.304. The lowest BCUT2D eigenvalue weighted by atomic mass is 10.1. The van der Waals surface area contributed by atoms with Crippen molar-refractivity contribution in [3.63, 3.8) is 0 Å². The van der Waals surface area contributed by atoms with Gasteiger partial charge in [0.25, 0.3) is 0 Å². The van der Waals surface area contributed by atoms with Crippen molar-refractivity contribution in [3.8, 4) is 5.69 Å². The average molecular weight is 451 g/mol. The second kappa shape index (κ2) is 10.9. The number of carbonyl (C=O) groups is 2. The number of nitrogens with zero attached hydrogens (tertiary/aromatic N) is 4. The van der Waals surface area contributed by atoms with Crippen LogP contribution in [-0.4, -0.2) is 50.4 Å². The van der Waals surface area contributed by atoms with E-state index < -0.39 is 11.9 Å². The van der Waals surface area contributed by atoms with Gasteiger partial charge in [-0.2, -0.15) is 0 Å². The SMILES string of the molecule is O=C(CSc1nnc(CN2CCCCC2)n1-c1ccccc1)NC(=O)Nc1ccccc1. The Morgan fingerprint density at radius 2 is 1.59 bits per heavy atom. The number of hydrogen-bond acceptors (Lipinski definition) is 6. The van der Waals surface area contributed by atoms with Gasteiger partial charge in [0.05, 0.1) is 12.3 Å². The molecular weight excluding hydrogens is 424 g/mol. The van der Waals surface area contributed by atoms with Crippen LogP contribution in [0.4, 0.5) is 10.5 Å². The molecule has 9 heteroatoms. The van der Waals surface area contributed by atoms with Crippen LogP contribution >= 0.6 is 11.8 Å². The fourth-order valence-electron chi connectivity index (χ4n) is 3.63. The summed E-state index contributed by atoms with van der Waals surface area (Å²) in [5, 5.41) is 14.4. The summed E-state index contributed by atoms with van der Waals surface area (Å²) in [7, 11) is 0. The zero-order valence-corrected chi connectivity index (χ0v) is 18.6. The number of likely N-dealkylation sites (tertiary alicyclic amines) is 1. The maximum Gasteiger partial charge on any atom is 0.325 e. The van der Waals surface area contributed by atoms with Gasteiger partial charge in [0.15, 0.2) is 11.0 Å². The van der Waals surface area contributed by atoms with E-state index in [9.17, 15) is 9.59 Å². The van der Waals surface area contributed by atoms with Crippen molar-refractivity contribution in [1.82, 2.24) is 25.0 Å². The van der Waals surface area contributed by atoms with Crippen molar-refractivity contribution < 1.29 is 9.59 Å². The van der Waals surface area contributed by atoms with E-state index in [1.165, 1.54) is 31.0 Å². The molecule has 3 amide bonds. The Bertz CT molecular complexity index is 1040. The number of thioether (sulfide) groups is 1. The highest BCUT2D eigenvalue weighted by molar-refractivity contribution is 7.99. The van der Waals surface area contributed by atoms with Crippen molar-refractivity contribution in [3.05, 3.63) is 66.5 Å². The first-order chi connectivity index (χ1) is 15.7. The molecule has 166 valence electrons. The molecule has 2 heterocycles. The fourth-order valence-corrected chi connectivity index (χ4v) is 4.40. The third kappa shape index (κ3) is 5.95. The van der Waals surface area contributed by atoms with Crippen LogP contribution in [-0.2, 0) is 11.3 Å². The van der Waals surface area contributed by atoms with Gasteiger partial charge in [-0.15, -0.1) is 10.2 Å². The number of rotatable bonds is 7. The number of hydrogen-bond donors (Lipinski definition) is 2. The number of benzene rings is 2. The van der Waals surface area contributed by atoms with Gasteiger partial charge < -0.3 is 5.32 Å². The van der Waals surface area contributed by atoms with Gasteiger partial charge in [0, 0.05) is 11.4 Å². The van der Waals surface area contributed by atoms with E-state index in [2.05, 4.69) is 25.7 Å². The van der Waals surface area contributed by atoms with Gasteiger partial charge >= 0.3 is 6.03 Å². The Labute approximate surface area is 191 Å². The third-order valence-corrected chi connectivity index (χ3v) is 6.07. The van der Waals surface area contributed by atoms with Crippen molar-refractivity contribution >= 4 is 29.4 Å². The quantitative estimate of drug-likeness (QED) is 0.534. The van der Waals surface area contributed by atoms with Gasteiger partial charge in [-0.3, -0.25) is 19.6 Å². The van der Waals surface area contributed by atoms with E-state index >= 15 is 0 Å². The van der Waals surface area contributed by atoms with E-state index in [0.717, 1.165) is 24.6 Å². The lowest BCUT2D eigenvalue weighted by molar-refractivity contribution is -0.117. The number of amides is 3. The lowest BCUT2D eigenvalue weighted by Crippen LogP contribution is -2.35. The zero-order chi connectivity index (χ0) is 22.2. The maximum absolute atomic E-state index is 12.3. The van der Waals surface area contributed by atoms with Crippen LogP contribution in [0.15, 0.2) is 65.8 Å². The Kier molecular flexibility index (Phi) is 7.52. The van der Waals surface area contributed by atoms with Crippen LogP contribution in [0.2, 0.25) is 0 Å². The standard InChI is InChI=1S/C23H26N6O2S/c30-21(25-22(31)24-18-10-4-1-5-11-18)17-32-23-27-26-20(16-28-14-8-3-9-15-28)29(23)19-12-6-2-7-13-19/h1-2,4-7,10-13H,3,8-9,14-17H2,(H2,24,25,30,31). The topological polar surface area (TPSA) is 92.2 Å². The van der Waals surface area contributed by atoms with Crippen LogP contribution in [0.3, 0.4) is 0 Å². The van der Waals surface area contributed by atoms with Crippen LogP contribution < -0.4 is 10.6 Å². The van der Waals surface area contributed by atoms with Gasteiger partial charge in [-0.05, 0) is 50.2 Å². The number of piperidine rings is 1. The first kappa shape index (κ1) is 22.0. The van der Waals surface area contributed by atoms with Gasteiger partial charge in [-0.25, -0.2) is 4.79 Å². The Morgan fingerprint density at radius 1 is 0.906 bits per heavy atom. The van der Waals surface area contributed by atoms with Crippen molar-refractivity contribution in [2.24, 2.45) is 0 Å². The number of urea groups is 1. The molecular formula is C23H26N6O2S. The first-order valence-corrected chi connectivity index (χ1v) is 11.7. The molecule has 3 aromatic rings. The Morgan fingerprint density at radius 3 is 2.31 bits per heavy atom. The summed E-state index contributed by atoms with van der Waals surface area (Å²) < 4.78 is 2.00. The minimum Gasteiger partial charge on any atom is -0.308 e. The normalized spacial score (nSPS) is 14.1. The molecule has 0 atom stereocenters. The summed E-state index contributed by atoms with van der Waals surface area (Å²) in [5.74, 6) is 0.503. The van der Waals surface area contributed by atoms with Crippen molar-refractivity contribution in [1.29, 1.82) is 0 Å². The summed E-state index contributed by atoms with van der Waals surface area (Å²) in [6.07, 6.45) is 3.68. The third-order valence-electron chi connectivity index (χ3n) is 5.15. The minimum atomic E-state index is -0.558. The zero-order valence-electron chi connectivity index (χ0n) is 17.7. The smallest absolute Gasteiger partial charge is 0.308 e. The second-order valence-corrected chi connectivity index (χ2v) is 8.51. The van der Waals surface area contributed by atoms with Crippen LogP contribution in [0.1, 0.15) is 25.1 Å². The maximum atomic E-state index is 12.3. The summed E-state index contributed by atoms with van der Waals surface area (Å²) in [6.45, 7) is 2.83. The number of anilines is 1. The molecule has 0 unspecified atom stereocenters. The highest BCUT2D eigenvalue weighted by Crippen LogP contribution is 2.23. The van der Waals surface area contributed by atoms with E-state index in [-0.39, 0.29) is 5.75 Å². The molecule has 1 saturated heterocycles. The predicted octanol–water partition coefficient (Wildman–Crippen LogP) is 3.69. The molecule has 0 spiro atoms. The number of para-hydroxylation sites is 2. The molecule has 0 bridgehead atoms. The molecule has 2 aromatic carbocycles. The van der Waals surface area contributed by atoms with Gasteiger partial charge in [0.1, 0.15) is 0 Å². The van der Waals surface area contributed by atoms with Crippen LogP contribution in [0, 0.1) is 0 Å². The number of nitrogens with one attached hydrogen (secondary N) is 2. The van der Waals surface area contributed by atoms with Gasteiger partial charge in [-0.1, -0.05) is 54.6 Å². The summed E-state index contributed by atoms with van der Waals surface area (Å²) in [4.78, 5) is 26.8. The van der Waals surface area contributed by atoms with E-state index in [1.54, 1.807) is 12.1 Å². The van der Waals surface area contributed by atoms with Crippen molar-refractivity contribution in [2.45, 2.75) is 31.0 Å². The molecule has 0 saturated carbocycles. The molecule has 8 nitrogen and oxygen atoms in total. The predicted molar refractivity (Wildman–Crippen MR) is 125 cm³/mol. The first-order valence-electron chi connectivity index (χ1n) is 10.7. The lowest BCUT2D eigenvalue weighted by Gasteiger charge is -2.26. The van der Waals surface area contributed by atoms with E-state index in [1.807, 2.05) is 53.1 Å². The highest BCUT2D eigenvalue weighted by Gasteiger charge is 2.19. The summed E-state index contributed by atoms with van der Waals surface area (Å²) in [5.41, 5.74) is 1.57. The summed E-state index contributed by atoms with van der Waals surface area (Å²) in [6, 6.07) is 18.3. The number of carbonyl (C=O) groups excluding carboxylic acids is 2. The highest BCUT2D eigenvalue weighted by atomic mass is 32.2. The van der Waals surface area contributed by atoms with Crippen LogP contribution in [0.25, 0.3) is 5.69 Å². The van der Waals surface area contributed by atoms with Crippen molar-refractivity contribution in [2.75, 3.05) is 24.2 Å². The molecule has 1 aromatic heterocycles. The largest absolute Gasteiger partial charge is 0.325 e. The minimum absolute atomic E-state index is 0.0525. The second-order valence-electron chi connectivity index (χ2n) is 7.56. The van der Waals surface area contributed by atoms with E-state index in [0.29, 0.717) is 17.4 Å². The number of imide groups is 1. The van der Waals surface area contributed by atoms with Crippen LogP contribution in [0.5, 0.6) is 0 Å². The molecule has 1 aliphatic rings. The monoisotopic (exact) mass is 450 g/mol. The number of aromatic nitrogens is 3. The Balaban J connectivity index is 1.41. The molecule has 1 aliphatic heterocycles. The molecule has 0 radical (unpaired) electrons. The average Bonchev–Trinajstić information content (AvgIpc) is 3.22. The molecule has 1 fully saturated rings. The van der Waals surface area contributed by atoms with Gasteiger partial charge in [0.2, 0.25) is 5.91 Å². The summed E-state index contributed by atoms with van der Waals surface area (Å²) >= 11 is 1.26. The molecule has 2 N–H and O–H groups in total. The molecule has 4 rings (SSSR count). The van der Waals surface area contributed by atoms with E-state index in [4.69, 9.17) is 0 Å².